The standard InChI is InChI=1S/C16H14N4O/c1-9-13-14(10-3-5-11(21-2)6-4-10)19-20-15(13)12-7-8-17-16(12)18-9/h3-8,19-20H,1-2H3. The predicted molar refractivity (Wildman–Crippen MR) is 82.5 cm³/mol. The van der Waals surface area contributed by atoms with Crippen molar-refractivity contribution in [2.45, 2.75) is 6.92 Å². The van der Waals surface area contributed by atoms with Gasteiger partial charge in [0.05, 0.1) is 24.0 Å². The van der Waals surface area contributed by atoms with Gasteiger partial charge in [-0.15, -0.1) is 0 Å². The third-order valence-corrected chi connectivity index (χ3v) is 3.77. The van der Waals surface area contributed by atoms with Crippen LogP contribution >= 0.6 is 0 Å². The first-order valence-electron chi connectivity index (χ1n) is 6.73. The van der Waals surface area contributed by atoms with Crippen LogP contribution in [0.1, 0.15) is 5.69 Å². The quantitative estimate of drug-likeness (QED) is 0.590. The molecule has 0 saturated heterocycles. The van der Waals surface area contributed by atoms with Gasteiger partial charge >= 0.3 is 0 Å². The highest BCUT2D eigenvalue weighted by Crippen LogP contribution is 2.32. The van der Waals surface area contributed by atoms with Crippen molar-refractivity contribution in [1.29, 1.82) is 0 Å². The SMILES string of the molecule is COc1ccc(-c2[nH][nH]c3c2c(C)nc2nccc23)cc1. The van der Waals surface area contributed by atoms with Gasteiger partial charge in [0.25, 0.3) is 0 Å². The number of H-pyrrole nitrogens is 2. The lowest BCUT2D eigenvalue weighted by Gasteiger charge is -2.03. The summed E-state index contributed by atoms with van der Waals surface area (Å²) in [5.41, 5.74) is 4.89. The summed E-state index contributed by atoms with van der Waals surface area (Å²) in [4.78, 5) is 8.85. The fraction of sp³-hybridized carbons (Fsp3) is 0.125. The van der Waals surface area contributed by atoms with Crippen molar-refractivity contribution in [2.75, 3.05) is 7.11 Å². The molecule has 0 aliphatic heterocycles. The molecule has 1 aromatic carbocycles. The maximum Gasteiger partial charge on any atom is 0.161 e. The molecule has 5 nitrogen and oxygen atoms in total. The van der Waals surface area contributed by atoms with Crippen LogP contribution in [0.4, 0.5) is 0 Å². The van der Waals surface area contributed by atoms with Crippen molar-refractivity contribution in [3.63, 3.8) is 0 Å². The van der Waals surface area contributed by atoms with E-state index >= 15 is 0 Å². The molecule has 0 bridgehead atoms. The number of rotatable bonds is 2. The maximum atomic E-state index is 5.21. The Bertz CT molecular complexity index is 934. The normalized spacial score (nSPS) is 11.3. The van der Waals surface area contributed by atoms with E-state index in [1.165, 1.54) is 0 Å². The molecule has 0 fully saturated rings. The summed E-state index contributed by atoms with van der Waals surface area (Å²) in [5.74, 6) is 0.844. The molecule has 2 N–H and O–H groups in total. The number of nitrogens with zero attached hydrogens (tertiary/aromatic N) is 2. The molecule has 0 aliphatic carbocycles. The van der Waals surface area contributed by atoms with E-state index in [1.54, 1.807) is 13.3 Å². The summed E-state index contributed by atoms with van der Waals surface area (Å²) >= 11 is 0. The minimum absolute atomic E-state index is 0.775. The molecule has 5 heteroatoms. The van der Waals surface area contributed by atoms with Crippen molar-refractivity contribution in [3.05, 3.63) is 42.2 Å². The van der Waals surface area contributed by atoms with E-state index in [2.05, 4.69) is 20.2 Å². The summed E-state index contributed by atoms with van der Waals surface area (Å²) in [7, 11) is 1.67. The van der Waals surface area contributed by atoms with Crippen LogP contribution < -0.4 is 4.74 Å². The Kier molecular flexibility index (Phi) is 2.47. The van der Waals surface area contributed by atoms with Gasteiger partial charge < -0.3 is 4.74 Å². The molecular weight excluding hydrogens is 264 g/mol. The third kappa shape index (κ3) is 1.71. The zero-order valence-corrected chi connectivity index (χ0v) is 11.8. The molecule has 0 atom stereocenters. The third-order valence-electron chi connectivity index (χ3n) is 3.77. The topological polar surface area (TPSA) is 66.6 Å². The van der Waals surface area contributed by atoms with E-state index in [4.69, 9.17) is 4.74 Å². The van der Waals surface area contributed by atoms with E-state index in [0.717, 1.165) is 44.6 Å². The van der Waals surface area contributed by atoms with Crippen molar-refractivity contribution >= 4 is 21.9 Å². The molecular formula is C16H14N4O. The number of methoxy groups -OCH3 is 1. The van der Waals surface area contributed by atoms with Gasteiger partial charge in [-0.05, 0) is 37.3 Å². The Balaban J connectivity index is 2.00. The van der Waals surface area contributed by atoms with Crippen LogP contribution in [0.5, 0.6) is 5.75 Å². The summed E-state index contributed by atoms with van der Waals surface area (Å²) in [5, 5.41) is 8.64. The number of aromatic nitrogens is 4. The molecule has 104 valence electrons. The largest absolute Gasteiger partial charge is 0.497 e. The van der Waals surface area contributed by atoms with Crippen LogP contribution in [0, 0.1) is 6.92 Å². The monoisotopic (exact) mass is 278 g/mol. The highest BCUT2D eigenvalue weighted by molar-refractivity contribution is 6.08. The molecule has 3 aromatic heterocycles. The van der Waals surface area contributed by atoms with Crippen LogP contribution in [0.25, 0.3) is 33.2 Å². The molecule has 0 unspecified atom stereocenters. The Labute approximate surface area is 121 Å². The second-order valence-corrected chi connectivity index (χ2v) is 4.98. The van der Waals surface area contributed by atoms with Gasteiger partial charge in [0.1, 0.15) is 5.75 Å². The molecule has 0 saturated carbocycles. The van der Waals surface area contributed by atoms with Crippen LogP contribution in [0.3, 0.4) is 0 Å². The Morgan fingerprint density at radius 2 is 1.86 bits per heavy atom. The lowest BCUT2D eigenvalue weighted by atomic mass is 10.1. The summed E-state index contributed by atoms with van der Waals surface area (Å²) < 4.78 is 5.21. The first kappa shape index (κ1) is 12.0. The second kappa shape index (κ2) is 4.34. The Morgan fingerprint density at radius 3 is 2.62 bits per heavy atom. The lowest BCUT2D eigenvalue weighted by molar-refractivity contribution is 0.415. The molecule has 21 heavy (non-hydrogen) atoms. The van der Waals surface area contributed by atoms with E-state index in [0.29, 0.717) is 0 Å². The smallest absolute Gasteiger partial charge is 0.161 e. The maximum absolute atomic E-state index is 5.21. The number of pyridine rings is 1. The van der Waals surface area contributed by atoms with Crippen molar-refractivity contribution in [3.8, 4) is 17.0 Å². The molecule has 0 radical (unpaired) electrons. The van der Waals surface area contributed by atoms with Gasteiger partial charge in [-0.25, -0.2) is 9.97 Å². The average Bonchev–Trinajstić information content (AvgIpc) is 3.13. The number of nitrogens with one attached hydrogen (secondary N) is 2. The first-order valence-corrected chi connectivity index (χ1v) is 6.73. The number of aryl methyl sites for hydroxylation is 1. The molecule has 4 rings (SSSR count). The fourth-order valence-corrected chi connectivity index (χ4v) is 2.74. The lowest BCUT2D eigenvalue weighted by Crippen LogP contribution is -1.87. The highest BCUT2D eigenvalue weighted by atomic mass is 16.5. The minimum Gasteiger partial charge on any atom is -0.497 e. The second-order valence-electron chi connectivity index (χ2n) is 4.98. The van der Waals surface area contributed by atoms with Crippen molar-refractivity contribution in [2.24, 2.45) is 0 Å². The van der Waals surface area contributed by atoms with Gasteiger partial charge in [0.2, 0.25) is 0 Å². The molecule has 0 amide bonds. The Morgan fingerprint density at radius 1 is 1.05 bits per heavy atom. The van der Waals surface area contributed by atoms with E-state index in [9.17, 15) is 0 Å². The van der Waals surface area contributed by atoms with Gasteiger partial charge in [-0.2, -0.15) is 0 Å². The van der Waals surface area contributed by atoms with Crippen LogP contribution in [-0.4, -0.2) is 27.3 Å². The number of ether oxygens (including phenoxy) is 1. The van der Waals surface area contributed by atoms with Gasteiger partial charge in [0, 0.05) is 22.5 Å². The highest BCUT2D eigenvalue weighted by Gasteiger charge is 2.14. The number of aromatic amines is 2. The zero-order chi connectivity index (χ0) is 14.4. The van der Waals surface area contributed by atoms with E-state index in [-0.39, 0.29) is 0 Å². The Hall–Kier alpha value is -2.82. The number of fused-ring (bicyclic) bond motifs is 3. The van der Waals surface area contributed by atoms with Gasteiger partial charge in [0.15, 0.2) is 5.65 Å². The number of hydrogen-bond acceptors (Lipinski definition) is 3. The average molecular weight is 278 g/mol. The summed E-state index contributed by atoms with van der Waals surface area (Å²) in [6, 6.07) is 9.95. The minimum atomic E-state index is 0.775. The zero-order valence-electron chi connectivity index (χ0n) is 11.8. The van der Waals surface area contributed by atoms with Crippen molar-refractivity contribution < 1.29 is 4.74 Å². The summed E-state index contributed by atoms with van der Waals surface area (Å²) in [6.07, 6.45) is 1.78. The van der Waals surface area contributed by atoms with E-state index < -0.39 is 0 Å². The predicted octanol–water partition coefficient (Wildman–Crippen LogP) is 3.42. The van der Waals surface area contributed by atoms with Crippen molar-refractivity contribution in [1.82, 2.24) is 20.2 Å². The molecule has 0 spiro atoms. The van der Waals surface area contributed by atoms with Crippen LogP contribution in [0.2, 0.25) is 0 Å². The molecule has 0 aliphatic rings. The van der Waals surface area contributed by atoms with Gasteiger partial charge in [-0.1, -0.05) is 0 Å². The van der Waals surface area contributed by atoms with Gasteiger partial charge in [-0.3, -0.25) is 10.2 Å². The van der Waals surface area contributed by atoms with Crippen LogP contribution in [0.15, 0.2) is 36.5 Å². The number of hydrogen-bond donors (Lipinski definition) is 2. The first-order chi connectivity index (χ1) is 10.3. The summed E-state index contributed by atoms with van der Waals surface area (Å²) in [6.45, 7) is 2.01. The molecule has 3 heterocycles. The van der Waals surface area contributed by atoms with Crippen LogP contribution in [-0.2, 0) is 0 Å². The van der Waals surface area contributed by atoms with E-state index in [1.807, 2.05) is 37.3 Å². The molecule has 4 aromatic rings. The fourth-order valence-electron chi connectivity index (χ4n) is 2.74. The number of benzene rings is 1.